The number of fused-ring (bicyclic) bond motifs is 7. The lowest BCUT2D eigenvalue weighted by molar-refractivity contribution is 0.483. The second-order valence-corrected chi connectivity index (χ2v) is 27.8. The molecule has 1 aliphatic carbocycles. The molecule has 0 unspecified atom stereocenters. The van der Waals surface area contributed by atoms with Crippen LogP contribution in [0.5, 0.6) is 11.5 Å². The molecule has 3 aliphatic rings. The minimum absolute atomic E-state index is 0.116. The molecule has 0 saturated heterocycles. The molecule has 0 saturated carbocycles. The van der Waals surface area contributed by atoms with Gasteiger partial charge in [-0.25, -0.2) is 0 Å². The highest BCUT2D eigenvalue weighted by Crippen LogP contribution is 2.60. The van der Waals surface area contributed by atoms with Crippen LogP contribution in [0.4, 0.5) is 17.1 Å². The van der Waals surface area contributed by atoms with E-state index in [4.69, 9.17) is 7.48 Å². The third-order valence-corrected chi connectivity index (χ3v) is 18.1. The zero-order valence-corrected chi connectivity index (χ0v) is 51.3. The number of nitrogens with zero attached hydrogens (tertiary/aromatic N) is 1. The smallest absolute Gasteiger partial charge is 0.256 e. The largest absolute Gasteiger partial charge is 0.458 e. The summed E-state index contributed by atoms with van der Waals surface area (Å²) in [7, 11) is 0. The first-order valence-corrected chi connectivity index (χ1v) is 30.1. The lowest BCUT2D eigenvalue weighted by Crippen LogP contribution is -2.59. The second-order valence-electron chi connectivity index (χ2n) is 27.8. The molecule has 0 radical (unpaired) electrons. The molecule has 2 heterocycles. The Kier molecular flexibility index (Phi) is 10.4. The Bertz CT molecular complexity index is 4870. The van der Waals surface area contributed by atoms with Crippen LogP contribution in [0, 0.1) is 0 Å². The molecule has 2 nitrogen and oxygen atoms in total. The summed E-state index contributed by atoms with van der Waals surface area (Å²) in [6.45, 7) is 26.6. The standard InChI is InChI=1S/C83H76BNO/c1-79(2,3)60-44-57(45-61(48-60)80(4,5)6)55-40-43-71-74(47-55)86-75-52-63(82(10,11)12)51-73-77(75)84(71)70-42-41-56(46-72(70)85(73)78-67(53-28-17-13-18-29-53)49-62(81(7,8)9)50-68(78)54-30-19-14-20-31-54)64-37-27-38-66-65-36-25-26-39-69(65)83(76(64)66,58-32-21-15-22-33-58)59-34-23-16-24-35-59/h13-52H,1-12H3/i15D,16D,21D,22D,23D,24D,32D,33D,34D,35D. The van der Waals surface area contributed by atoms with Crippen LogP contribution in [0.2, 0.25) is 0 Å². The van der Waals surface area contributed by atoms with Crippen molar-refractivity contribution in [3.63, 3.8) is 0 Å². The van der Waals surface area contributed by atoms with Crippen molar-refractivity contribution in [2.45, 2.75) is 110 Å². The first-order chi connectivity index (χ1) is 45.3. The van der Waals surface area contributed by atoms with Crippen LogP contribution in [-0.2, 0) is 27.1 Å². The van der Waals surface area contributed by atoms with Crippen LogP contribution in [0.15, 0.2) is 242 Å². The third kappa shape index (κ3) is 8.99. The molecule has 0 spiro atoms. The van der Waals surface area contributed by atoms with Crippen molar-refractivity contribution in [2.75, 3.05) is 4.90 Å². The molecule has 11 aromatic rings. The van der Waals surface area contributed by atoms with Gasteiger partial charge in [-0.3, -0.25) is 0 Å². The van der Waals surface area contributed by atoms with Gasteiger partial charge in [0, 0.05) is 22.5 Å². The molecule has 14 rings (SSSR count). The molecular formula is C83H76BNO. The van der Waals surface area contributed by atoms with E-state index in [0.717, 1.165) is 89.5 Å². The van der Waals surface area contributed by atoms with E-state index in [1.54, 1.807) is 12.1 Å². The fourth-order valence-corrected chi connectivity index (χ4v) is 13.5. The molecule has 0 fully saturated rings. The second kappa shape index (κ2) is 20.1. The van der Waals surface area contributed by atoms with Crippen molar-refractivity contribution in [3.05, 3.63) is 287 Å². The van der Waals surface area contributed by atoms with Gasteiger partial charge in [0.1, 0.15) is 11.5 Å². The van der Waals surface area contributed by atoms with Crippen molar-refractivity contribution in [1.82, 2.24) is 0 Å². The number of rotatable bonds is 7. The first kappa shape index (κ1) is 44.5. The maximum Gasteiger partial charge on any atom is 0.256 e. The van der Waals surface area contributed by atoms with E-state index in [1.165, 1.54) is 11.1 Å². The van der Waals surface area contributed by atoms with Crippen molar-refractivity contribution in [2.24, 2.45) is 0 Å². The molecule has 86 heavy (non-hydrogen) atoms. The predicted molar refractivity (Wildman–Crippen MR) is 366 cm³/mol. The summed E-state index contributed by atoms with van der Waals surface area (Å²) in [5, 5.41) is 0. The van der Waals surface area contributed by atoms with Gasteiger partial charge in [0.05, 0.1) is 24.8 Å². The summed E-state index contributed by atoms with van der Waals surface area (Å²) >= 11 is 0. The number of anilines is 3. The Hall–Kier alpha value is -8.92. The zero-order valence-electron chi connectivity index (χ0n) is 61.3. The van der Waals surface area contributed by atoms with E-state index < -0.39 is 65.8 Å². The van der Waals surface area contributed by atoms with Crippen LogP contribution >= 0.6 is 0 Å². The van der Waals surface area contributed by atoms with Gasteiger partial charge in [-0.1, -0.05) is 289 Å². The average Bonchev–Trinajstić information content (AvgIpc) is 1.41. The number of benzene rings is 11. The predicted octanol–water partition coefficient (Wildman–Crippen LogP) is 20.3. The fourth-order valence-electron chi connectivity index (χ4n) is 13.5. The van der Waals surface area contributed by atoms with E-state index in [0.29, 0.717) is 33.4 Å². The monoisotopic (exact) mass is 1120 g/mol. The quantitative estimate of drug-likeness (QED) is 0.148. The molecule has 0 atom stereocenters. The van der Waals surface area contributed by atoms with Gasteiger partial charge in [-0.05, 0) is 163 Å². The third-order valence-electron chi connectivity index (χ3n) is 18.1. The highest BCUT2D eigenvalue weighted by atomic mass is 16.5. The molecule has 0 bridgehead atoms. The van der Waals surface area contributed by atoms with E-state index in [-0.39, 0.29) is 39.5 Å². The summed E-state index contributed by atoms with van der Waals surface area (Å²) in [6.07, 6.45) is 0. The fraction of sp³-hybridized carbons (Fsp3) is 0.205. The molecular weight excluding hydrogens is 1040 g/mol. The molecule has 0 aromatic heterocycles. The topological polar surface area (TPSA) is 12.5 Å². The molecule has 0 amide bonds. The Morgan fingerprint density at radius 2 is 0.872 bits per heavy atom. The van der Waals surface area contributed by atoms with Gasteiger partial charge in [-0.15, -0.1) is 0 Å². The number of ether oxygens (including phenoxy) is 1. The van der Waals surface area contributed by atoms with E-state index in [2.05, 4.69) is 215 Å². The number of hydrogen-bond acceptors (Lipinski definition) is 2. The minimum atomic E-state index is -2.09. The van der Waals surface area contributed by atoms with E-state index >= 15 is 0 Å². The van der Waals surface area contributed by atoms with E-state index in [1.807, 2.05) is 42.5 Å². The van der Waals surface area contributed by atoms with Crippen LogP contribution < -0.4 is 26.0 Å². The van der Waals surface area contributed by atoms with Crippen LogP contribution in [0.1, 0.15) is 141 Å². The summed E-state index contributed by atoms with van der Waals surface area (Å²) < 4.78 is 102. The maximum atomic E-state index is 9.95. The Morgan fingerprint density at radius 3 is 1.45 bits per heavy atom. The average molecular weight is 1120 g/mol. The van der Waals surface area contributed by atoms with Crippen molar-refractivity contribution in [3.8, 4) is 67.1 Å². The Balaban J connectivity index is 1.14. The summed E-state index contributed by atoms with van der Waals surface area (Å²) in [6, 6.07) is 57.8. The Labute approximate surface area is 525 Å². The SMILES string of the molecule is [2H]c1c([2H])c([2H])c(C2(c3c([2H])c([2H])c([2H])c([2H])c3[2H])c3ccccc3-c3cccc(-c4ccc5c(c4)N(c4c(-c6ccccc6)cc(C(C)(C)C)cc4-c4ccccc4)c4cc(C(C)(C)C)cc6c4B5c4ccc(-c5cc(C(C)(C)C)cc(C(C)(C)C)c5)cc4O6)c32)c([2H])c1[2H]. The van der Waals surface area contributed by atoms with Crippen LogP contribution in [-0.4, -0.2) is 6.71 Å². The van der Waals surface area contributed by atoms with E-state index in [9.17, 15) is 11.0 Å². The van der Waals surface area contributed by atoms with Crippen LogP contribution in [0.25, 0.3) is 55.6 Å². The lowest BCUT2D eigenvalue weighted by Gasteiger charge is -2.43. The van der Waals surface area contributed by atoms with Gasteiger partial charge in [-0.2, -0.15) is 0 Å². The van der Waals surface area contributed by atoms with Gasteiger partial charge < -0.3 is 9.64 Å². The highest BCUT2D eigenvalue weighted by Gasteiger charge is 2.49. The normalized spacial score (nSPS) is 15.6. The summed E-state index contributed by atoms with van der Waals surface area (Å²) in [5.74, 6) is 1.49. The first-order valence-electron chi connectivity index (χ1n) is 35.1. The molecule has 0 N–H and O–H groups in total. The van der Waals surface area contributed by atoms with Crippen molar-refractivity contribution >= 4 is 40.2 Å². The molecule has 3 heteroatoms. The molecule has 422 valence electrons. The lowest BCUT2D eigenvalue weighted by atomic mass is 9.34. The van der Waals surface area contributed by atoms with Gasteiger partial charge in [0.25, 0.3) is 6.71 Å². The molecule has 11 aromatic carbocycles. The van der Waals surface area contributed by atoms with Crippen molar-refractivity contribution < 1.29 is 18.4 Å². The van der Waals surface area contributed by atoms with Gasteiger partial charge in [0.15, 0.2) is 0 Å². The summed E-state index contributed by atoms with van der Waals surface area (Å²) in [4.78, 5) is 2.44. The summed E-state index contributed by atoms with van der Waals surface area (Å²) in [5.41, 5.74) is 16.4. The van der Waals surface area contributed by atoms with Crippen molar-refractivity contribution in [1.29, 1.82) is 0 Å². The minimum Gasteiger partial charge on any atom is -0.458 e. The van der Waals surface area contributed by atoms with Gasteiger partial charge in [0.2, 0.25) is 0 Å². The number of hydrogen-bond donors (Lipinski definition) is 0. The maximum absolute atomic E-state index is 9.95. The van der Waals surface area contributed by atoms with Gasteiger partial charge >= 0.3 is 0 Å². The highest BCUT2D eigenvalue weighted by molar-refractivity contribution is 6.99. The Morgan fingerprint density at radius 1 is 0.372 bits per heavy atom. The zero-order chi connectivity index (χ0) is 68.4. The van der Waals surface area contributed by atoms with Crippen LogP contribution in [0.3, 0.4) is 0 Å². The molecule has 2 aliphatic heterocycles.